The van der Waals surface area contributed by atoms with Crippen molar-refractivity contribution in [2.75, 3.05) is 6.61 Å². The highest BCUT2D eigenvalue weighted by molar-refractivity contribution is 5.78. The van der Waals surface area contributed by atoms with Crippen LogP contribution in [-0.2, 0) is 4.84 Å². The molecule has 0 heterocycles. The summed E-state index contributed by atoms with van der Waals surface area (Å²) in [5.74, 6) is -0.258. The average molecular weight is 222 g/mol. The Morgan fingerprint density at radius 1 is 1.19 bits per heavy atom. The van der Waals surface area contributed by atoms with Crippen molar-refractivity contribution in [3.8, 4) is 0 Å². The Labute approximate surface area is 96.1 Å². The van der Waals surface area contributed by atoms with Crippen LogP contribution >= 0.6 is 0 Å². The van der Waals surface area contributed by atoms with Crippen LogP contribution in [0.15, 0.2) is 29.4 Å². The van der Waals surface area contributed by atoms with Crippen molar-refractivity contribution in [3.05, 3.63) is 35.6 Å². The van der Waals surface area contributed by atoms with Gasteiger partial charge in [-0.2, -0.15) is 0 Å². The summed E-state index contributed by atoms with van der Waals surface area (Å²) in [5, 5.41) is 3.70. The first-order valence-electron chi connectivity index (χ1n) is 5.66. The van der Waals surface area contributed by atoms with Gasteiger partial charge in [-0.3, -0.25) is 0 Å². The minimum Gasteiger partial charge on any atom is -0.395 e. The van der Waals surface area contributed by atoms with Gasteiger partial charge < -0.3 is 4.84 Å². The van der Waals surface area contributed by atoms with Gasteiger partial charge in [0, 0.05) is 5.56 Å². The molecule has 16 heavy (non-hydrogen) atoms. The van der Waals surface area contributed by atoms with Crippen LogP contribution in [0.5, 0.6) is 0 Å². The molecule has 3 heteroatoms. The number of nitrogens with zero attached hydrogens (tertiary/aromatic N) is 1. The van der Waals surface area contributed by atoms with Crippen LogP contribution in [0.3, 0.4) is 0 Å². The summed E-state index contributed by atoms with van der Waals surface area (Å²) < 4.78 is 12.6. The molecule has 0 aromatic heterocycles. The highest BCUT2D eigenvalue weighted by Gasteiger charge is 1.91. The Balaban J connectivity index is 2.14. The Bertz CT molecular complexity index is 308. The number of hydrogen-bond donors (Lipinski definition) is 0. The van der Waals surface area contributed by atoms with Gasteiger partial charge in [-0.1, -0.05) is 24.9 Å². The van der Waals surface area contributed by atoms with Crippen molar-refractivity contribution >= 4 is 6.21 Å². The Hall–Kier alpha value is -1.38. The highest BCUT2D eigenvalue weighted by atomic mass is 19.1. The summed E-state index contributed by atoms with van der Waals surface area (Å²) in [5.41, 5.74) is 0.718. The molecule has 0 aliphatic rings. The van der Waals surface area contributed by atoms with E-state index in [9.17, 15) is 4.39 Å². The molecule has 0 atom stereocenters. The molecule has 0 bridgehead atoms. The first kappa shape index (κ1) is 12.7. The molecular formula is C13H17FNO. The molecule has 0 spiro atoms. The van der Waals surface area contributed by atoms with Gasteiger partial charge in [-0.05, 0) is 37.1 Å². The fraction of sp³-hybridized carbons (Fsp3) is 0.462. The molecule has 87 valence electrons. The van der Waals surface area contributed by atoms with E-state index in [0.717, 1.165) is 12.0 Å². The summed E-state index contributed by atoms with van der Waals surface area (Å²) in [4.78, 5) is 5.03. The second kappa shape index (κ2) is 7.85. The summed E-state index contributed by atoms with van der Waals surface area (Å²) >= 11 is 0. The standard InChI is InChI=1S/C13H17FNO/c1-2-3-4-5-10-16-15-11-12-6-8-13(14)9-7-12/h6-9H,2-5,10H2,1H3. The van der Waals surface area contributed by atoms with Gasteiger partial charge in [0.25, 0.3) is 0 Å². The third kappa shape index (κ3) is 5.49. The molecule has 1 aromatic carbocycles. The van der Waals surface area contributed by atoms with E-state index in [2.05, 4.69) is 18.3 Å². The minimum atomic E-state index is -0.258. The Kier molecular flexibility index (Phi) is 6.23. The molecule has 1 rings (SSSR count). The van der Waals surface area contributed by atoms with Crippen LogP contribution in [0.25, 0.3) is 0 Å². The Morgan fingerprint density at radius 3 is 2.62 bits per heavy atom. The zero-order valence-corrected chi connectivity index (χ0v) is 9.58. The second-order valence-corrected chi connectivity index (χ2v) is 3.60. The molecule has 0 aliphatic carbocycles. The maximum atomic E-state index is 12.6. The molecule has 0 saturated carbocycles. The van der Waals surface area contributed by atoms with Gasteiger partial charge >= 0.3 is 0 Å². The lowest BCUT2D eigenvalue weighted by atomic mass is 10.2. The molecule has 0 unspecified atom stereocenters. The summed E-state index contributed by atoms with van der Waals surface area (Å²) in [6.45, 7) is 2.79. The van der Waals surface area contributed by atoms with E-state index >= 15 is 0 Å². The zero-order chi connectivity index (χ0) is 11.6. The average Bonchev–Trinajstić information content (AvgIpc) is 2.30. The quantitative estimate of drug-likeness (QED) is 0.392. The van der Waals surface area contributed by atoms with Gasteiger partial charge in [0.15, 0.2) is 0 Å². The normalized spacial score (nSPS) is 10.9. The Morgan fingerprint density at radius 2 is 1.94 bits per heavy atom. The fourth-order valence-corrected chi connectivity index (χ4v) is 1.25. The van der Waals surface area contributed by atoms with E-state index in [1.807, 2.05) is 0 Å². The smallest absolute Gasteiger partial charge is 0.139 e. The van der Waals surface area contributed by atoms with Crippen molar-refractivity contribution < 1.29 is 9.23 Å². The van der Waals surface area contributed by atoms with E-state index in [1.165, 1.54) is 31.4 Å². The van der Waals surface area contributed by atoms with E-state index in [-0.39, 0.29) is 5.82 Å². The monoisotopic (exact) mass is 222 g/mol. The molecule has 0 N–H and O–H groups in total. The molecule has 1 aromatic rings. The molecule has 0 aliphatic heterocycles. The molecule has 0 amide bonds. The summed E-state index contributed by atoms with van der Waals surface area (Å²) in [7, 11) is 0. The predicted octanol–water partition coefficient (Wildman–Crippen LogP) is 3.63. The van der Waals surface area contributed by atoms with Gasteiger partial charge in [-0.15, -0.1) is 0 Å². The van der Waals surface area contributed by atoms with Crippen molar-refractivity contribution in [2.45, 2.75) is 32.6 Å². The van der Waals surface area contributed by atoms with Crippen molar-refractivity contribution in [3.63, 3.8) is 0 Å². The van der Waals surface area contributed by atoms with Gasteiger partial charge in [0.2, 0.25) is 0 Å². The van der Waals surface area contributed by atoms with E-state index in [1.54, 1.807) is 12.1 Å². The molecule has 1 radical (unpaired) electrons. The molecule has 0 saturated heterocycles. The number of rotatable bonds is 7. The van der Waals surface area contributed by atoms with Crippen LogP contribution in [0.2, 0.25) is 0 Å². The number of hydrogen-bond acceptors (Lipinski definition) is 2. The van der Waals surface area contributed by atoms with Crippen LogP contribution < -0.4 is 0 Å². The molecule has 0 fully saturated rings. The zero-order valence-electron chi connectivity index (χ0n) is 9.58. The number of benzene rings is 1. The largest absolute Gasteiger partial charge is 0.395 e. The SMILES string of the molecule is CCCCCCO/N=[C]/c1ccc(F)cc1. The lowest BCUT2D eigenvalue weighted by Crippen LogP contribution is -1.89. The molecular weight excluding hydrogens is 205 g/mol. The van der Waals surface area contributed by atoms with Crippen molar-refractivity contribution in [2.24, 2.45) is 5.16 Å². The van der Waals surface area contributed by atoms with Crippen LogP contribution in [0.4, 0.5) is 4.39 Å². The fourth-order valence-electron chi connectivity index (χ4n) is 1.25. The second-order valence-electron chi connectivity index (χ2n) is 3.60. The third-order valence-corrected chi connectivity index (χ3v) is 2.17. The lowest BCUT2D eigenvalue weighted by molar-refractivity contribution is 0.141. The maximum Gasteiger partial charge on any atom is 0.139 e. The third-order valence-electron chi connectivity index (χ3n) is 2.17. The van der Waals surface area contributed by atoms with Crippen LogP contribution in [-0.4, -0.2) is 12.8 Å². The first-order chi connectivity index (χ1) is 7.83. The summed E-state index contributed by atoms with van der Waals surface area (Å²) in [6.07, 6.45) is 7.33. The number of unbranched alkanes of at least 4 members (excludes halogenated alkanes) is 3. The van der Waals surface area contributed by atoms with Gasteiger partial charge in [0.1, 0.15) is 18.6 Å². The number of halogens is 1. The topological polar surface area (TPSA) is 21.6 Å². The maximum absolute atomic E-state index is 12.6. The van der Waals surface area contributed by atoms with Gasteiger partial charge in [0.05, 0.1) is 0 Å². The van der Waals surface area contributed by atoms with Crippen LogP contribution in [0, 0.1) is 5.82 Å². The lowest BCUT2D eigenvalue weighted by Gasteiger charge is -1.97. The highest BCUT2D eigenvalue weighted by Crippen LogP contribution is 2.01. The van der Waals surface area contributed by atoms with Crippen LogP contribution in [0.1, 0.15) is 38.2 Å². The van der Waals surface area contributed by atoms with Gasteiger partial charge in [-0.25, -0.2) is 4.39 Å². The summed E-state index contributed by atoms with van der Waals surface area (Å²) in [6, 6.07) is 5.97. The van der Waals surface area contributed by atoms with Crippen molar-refractivity contribution in [1.29, 1.82) is 0 Å². The minimum absolute atomic E-state index is 0.258. The predicted molar refractivity (Wildman–Crippen MR) is 63.0 cm³/mol. The molecule has 2 nitrogen and oxygen atoms in total. The van der Waals surface area contributed by atoms with E-state index in [4.69, 9.17) is 4.84 Å². The van der Waals surface area contributed by atoms with Crippen molar-refractivity contribution in [1.82, 2.24) is 0 Å². The van der Waals surface area contributed by atoms with E-state index in [0.29, 0.717) is 6.61 Å². The van der Waals surface area contributed by atoms with E-state index < -0.39 is 0 Å². The first-order valence-corrected chi connectivity index (χ1v) is 5.66.